The first-order valence-electron chi connectivity index (χ1n) is 9.51. The van der Waals surface area contributed by atoms with Crippen molar-refractivity contribution in [3.8, 4) is 5.69 Å². The maximum atomic E-state index is 13.1. The Hall–Kier alpha value is -4.15. The Morgan fingerprint density at radius 1 is 1.12 bits per heavy atom. The van der Waals surface area contributed by atoms with E-state index in [0.717, 1.165) is 18.2 Å². The molecule has 2 N–H and O–H groups in total. The SMILES string of the molecule is Cc1cc(C(=O)COC(=O)c2ccc(N)c([N+](=O)[O-])c2)c(C)n1-c1cccc(C(F)(F)F)c1. The van der Waals surface area contributed by atoms with Crippen molar-refractivity contribution in [2.24, 2.45) is 0 Å². The van der Waals surface area contributed by atoms with Gasteiger partial charge in [-0.15, -0.1) is 0 Å². The lowest BCUT2D eigenvalue weighted by molar-refractivity contribution is -0.383. The molecule has 33 heavy (non-hydrogen) atoms. The van der Waals surface area contributed by atoms with Crippen LogP contribution in [0.1, 0.15) is 37.7 Å². The molecule has 0 atom stereocenters. The zero-order valence-corrected chi connectivity index (χ0v) is 17.5. The summed E-state index contributed by atoms with van der Waals surface area (Å²) in [4.78, 5) is 35.1. The zero-order valence-electron chi connectivity index (χ0n) is 17.5. The molecule has 11 heteroatoms. The Kier molecular flexibility index (Phi) is 6.25. The normalized spacial score (nSPS) is 11.3. The summed E-state index contributed by atoms with van der Waals surface area (Å²) in [5, 5.41) is 11.0. The van der Waals surface area contributed by atoms with Gasteiger partial charge in [-0.25, -0.2) is 4.79 Å². The number of nitrogens with zero attached hydrogens (tertiary/aromatic N) is 2. The van der Waals surface area contributed by atoms with Gasteiger partial charge in [-0.3, -0.25) is 14.9 Å². The van der Waals surface area contributed by atoms with E-state index in [1.54, 1.807) is 13.8 Å². The van der Waals surface area contributed by atoms with E-state index in [4.69, 9.17) is 10.5 Å². The molecule has 2 aromatic carbocycles. The van der Waals surface area contributed by atoms with Crippen molar-refractivity contribution in [1.29, 1.82) is 0 Å². The minimum atomic E-state index is -4.52. The van der Waals surface area contributed by atoms with Gasteiger partial charge >= 0.3 is 12.1 Å². The van der Waals surface area contributed by atoms with Crippen LogP contribution >= 0.6 is 0 Å². The van der Waals surface area contributed by atoms with Crippen LogP contribution in [-0.4, -0.2) is 27.8 Å². The molecule has 0 unspecified atom stereocenters. The van der Waals surface area contributed by atoms with Crippen molar-refractivity contribution >= 4 is 23.1 Å². The van der Waals surface area contributed by atoms with E-state index in [2.05, 4.69) is 0 Å². The van der Waals surface area contributed by atoms with Crippen molar-refractivity contribution in [2.45, 2.75) is 20.0 Å². The topological polar surface area (TPSA) is 117 Å². The molecule has 8 nitrogen and oxygen atoms in total. The maximum Gasteiger partial charge on any atom is 0.416 e. The van der Waals surface area contributed by atoms with Crippen LogP contribution in [0.4, 0.5) is 24.5 Å². The van der Waals surface area contributed by atoms with Gasteiger partial charge in [0, 0.05) is 28.7 Å². The molecule has 0 radical (unpaired) electrons. The smallest absolute Gasteiger partial charge is 0.416 e. The van der Waals surface area contributed by atoms with Crippen LogP contribution in [0.15, 0.2) is 48.5 Å². The number of carbonyl (C=O) groups excluding carboxylic acids is 2. The summed E-state index contributed by atoms with van der Waals surface area (Å²) in [5.41, 5.74) is 5.18. The van der Waals surface area contributed by atoms with Crippen LogP contribution in [0, 0.1) is 24.0 Å². The van der Waals surface area contributed by atoms with Gasteiger partial charge in [-0.2, -0.15) is 13.2 Å². The third-order valence-corrected chi connectivity index (χ3v) is 4.96. The van der Waals surface area contributed by atoms with Gasteiger partial charge in [0.2, 0.25) is 5.78 Å². The molecule has 0 fully saturated rings. The van der Waals surface area contributed by atoms with Crippen molar-refractivity contribution in [3.63, 3.8) is 0 Å². The summed E-state index contributed by atoms with van der Waals surface area (Å²) in [5.74, 6) is -1.54. The molecule has 0 saturated carbocycles. The van der Waals surface area contributed by atoms with Gasteiger partial charge in [0.25, 0.3) is 5.69 Å². The van der Waals surface area contributed by atoms with Crippen molar-refractivity contribution < 1.29 is 32.4 Å². The lowest BCUT2D eigenvalue weighted by Crippen LogP contribution is -2.15. The molecule has 0 aliphatic carbocycles. The number of hydrogen-bond acceptors (Lipinski definition) is 6. The number of esters is 1. The second kappa shape index (κ2) is 8.77. The highest BCUT2D eigenvalue weighted by Crippen LogP contribution is 2.31. The fourth-order valence-corrected chi connectivity index (χ4v) is 3.38. The minimum absolute atomic E-state index is 0.130. The summed E-state index contributed by atoms with van der Waals surface area (Å²) in [6.07, 6.45) is -4.52. The van der Waals surface area contributed by atoms with Gasteiger partial charge in [-0.05, 0) is 50.2 Å². The number of nitrogen functional groups attached to an aromatic ring is 1. The summed E-state index contributed by atoms with van der Waals surface area (Å²) >= 11 is 0. The number of nitro groups is 1. The molecule has 0 saturated heterocycles. The molecule has 1 aromatic heterocycles. The number of rotatable bonds is 6. The summed E-state index contributed by atoms with van der Waals surface area (Å²) in [6.45, 7) is 2.53. The molecule has 0 bridgehead atoms. The van der Waals surface area contributed by atoms with E-state index in [-0.39, 0.29) is 22.5 Å². The Labute approximate surface area is 185 Å². The van der Waals surface area contributed by atoms with Crippen LogP contribution in [0.25, 0.3) is 5.69 Å². The highest BCUT2D eigenvalue weighted by atomic mass is 19.4. The molecule has 0 amide bonds. The number of aromatic nitrogens is 1. The largest absolute Gasteiger partial charge is 0.454 e. The molecule has 3 rings (SSSR count). The highest BCUT2D eigenvalue weighted by molar-refractivity contribution is 6.00. The molecule has 0 aliphatic rings. The first kappa shape index (κ1) is 23.5. The monoisotopic (exact) mass is 461 g/mol. The minimum Gasteiger partial charge on any atom is -0.454 e. The van der Waals surface area contributed by atoms with Crippen LogP contribution in [-0.2, 0) is 10.9 Å². The second-order valence-corrected chi connectivity index (χ2v) is 7.20. The number of ketones is 1. The number of halogens is 3. The standard InChI is InChI=1S/C22H18F3N3O5/c1-12-8-17(13(2)27(12)16-5-3-4-15(10-16)22(23,24)25)20(29)11-33-21(30)14-6-7-18(26)19(9-14)28(31)32/h3-10H,11,26H2,1-2H3. The van der Waals surface area contributed by atoms with E-state index in [1.165, 1.54) is 34.9 Å². The van der Waals surface area contributed by atoms with E-state index < -0.39 is 40.7 Å². The third kappa shape index (κ3) is 4.86. The van der Waals surface area contributed by atoms with Gasteiger partial charge in [0.15, 0.2) is 6.61 Å². The highest BCUT2D eigenvalue weighted by Gasteiger charge is 2.31. The van der Waals surface area contributed by atoms with Gasteiger partial charge < -0.3 is 15.0 Å². The number of benzene rings is 2. The molecule has 0 spiro atoms. The molecule has 3 aromatic rings. The maximum absolute atomic E-state index is 13.1. The molecule has 1 heterocycles. The van der Waals surface area contributed by atoms with Crippen LogP contribution in [0.3, 0.4) is 0 Å². The predicted molar refractivity (Wildman–Crippen MR) is 112 cm³/mol. The molecule has 0 aliphatic heterocycles. The molecule has 172 valence electrons. The third-order valence-electron chi connectivity index (χ3n) is 4.96. The number of nitro benzene ring substituents is 1. The molecular formula is C22H18F3N3O5. The quantitative estimate of drug-likeness (QED) is 0.188. The first-order chi connectivity index (χ1) is 15.4. The number of Topliss-reactive ketones (excluding diaryl/α,β-unsaturated/α-hetero) is 1. The van der Waals surface area contributed by atoms with Gasteiger partial charge in [0.05, 0.1) is 16.1 Å². The molecular weight excluding hydrogens is 443 g/mol. The summed E-state index contributed by atoms with van der Waals surface area (Å²) in [7, 11) is 0. The predicted octanol–water partition coefficient (Wildman–Crippen LogP) is 4.64. The van der Waals surface area contributed by atoms with E-state index in [9.17, 15) is 32.9 Å². The number of alkyl halides is 3. The van der Waals surface area contributed by atoms with E-state index in [0.29, 0.717) is 11.4 Å². The van der Waals surface area contributed by atoms with Crippen molar-refractivity contribution in [2.75, 3.05) is 12.3 Å². The summed E-state index contributed by atoms with van der Waals surface area (Å²) < 4.78 is 45.7. The Balaban J connectivity index is 1.80. The fourth-order valence-electron chi connectivity index (χ4n) is 3.38. The fraction of sp³-hybridized carbons (Fsp3) is 0.182. The Bertz CT molecular complexity index is 1260. The second-order valence-electron chi connectivity index (χ2n) is 7.20. The lowest BCUT2D eigenvalue weighted by atomic mass is 10.1. The number of anilines is 1. The van der Waals surface area contributed by atoms with E-state index in [1.807, 2.05) is 0 Å². The number of hydrogen-bond donors (Lipinski definition) is 1. The van der Waals surface area contributed by atoms with E-state index >= 15 is 0 Å². The van der Waals surface area contributed by atoms with Crippen LogP contribution in [0.2, 0.25) is 0 Å². The average Bonchev–Trinajstić information content (AvgIpc) is 3.05. The number of aryl methyl sites for hydroxylation is 1. The average molecular weight is 461 g/mol. The number of nitrogens with two attached hydrogens (primary N) is 1. The zero-order chi connectivity index (χ0) is 24.5. The lowest BCUT2D eigenvalue weighted by Gasteiger charge is -2.13. The van der Waals surface area contributed by atoms with Crippen LogP contribution < -0.4 is 5.73 Å². The van der Waals surface area contributed by atoms with Crippen LogP contribution in [0.5, 0.6) is 0 Å². The van der Waals surface area contributed by atoms with Crippen molar-refractivity contribution in [1.82, 2.24) is 4.57 Å². The van der Waals surface area contributed by atoms with Gasteiger partial charge in [-0.1, -0.05) is 6.07 Å². The van der Waals surface area contributed by atoms with Gasteiger partial charge in [0.1, 0.15) is 5.69 Å². The Morgan fingerprint density at radius 3 is 2.45 bits per heavy atom. The van der Waals surface area contributed by atoms with Crippen molar-refractivity contribution in [3.05, 3.63) is 86.7 Å². The number of carbonyl (C=O) groups is 2. The number of ether oxygens (including phenoxy) is 1. The summed E-state index contributed by atoms with van der Waals surface area (Å²) in [6, 6.07) is 9.52. The Morgan fingerprint density at radius 2 is 1.82 bits per heavy atom. The first-order valence-corrected chi connectivity index (χ1v) is 9.51.